The van der Waals surface area contributed by atoms with E-state index in [1.807, 2.05) is 6.07 Å². The maximum absolute atomic E-state index is 12.1. The summed E-state index contributed by atoms with van der Waals surface area (Å²) in [5.74, 6) is 1.13. The van der Waals surface area contributed by atoms with Gasteiger partial charge in [0.05, 0.1) is 22.1 Å². The first kappa shape index (κ1) is 17.9. The van der Waals surface area contributed by atoms with Crippen molar-refractivity contribution in [2.24, 2.45) is 0 Å². The minimum atomic E-state index is -3.67. The monoisotopic (exact) mass is 375 g/mol. The molecule has 0 aliphatic heterocycles. The molecule has 0 spiro atoms. The van der Waals surface area contributed by atoms with E-state index in [2.05, 4.69) is 4.72 Å². The van der Waals surface area contributed by atoms with Gasteiger partial charge in [0.25, 0.3) is 0 Å². The SMILES string of the molecule is COc1ccccc1OCCNS(=O)(=O)c1ccc(Cl)c(Cl)c1. The molecule has 8 heteroatoms. The van der Waals surface area contributed by atoms with Crippen LogP contribution in [0.3, 0.4) is 0 Å². The van der Waals surface area contributed by atoms with E-state index in [1.54, 1.807) is 18.2 Å². The van der Waals surface area contributed by atoms with Gasteiger partial charge in [0.15, 0.2) is 11.5 Å². The summed E-state index contributed by atoms with van der Waals surface area (Å²) in [5, 5.41) is 0.477. The number of halogens is 2. The molecule has 2 aromatic carbocycles. The Morgan fingerprint density at radius 2 is 1.74 bits per heavy atom. The van der Waals surface area contributed by atoms with E-state index in [0.717, 1.165) is 0 Å². The van der Waals surface area contributed by atoms with Crippen LogP contribution in [0.2, 0.25) is 10.0 Å². The van der Waals surface area contributed by atoms with Crippen LogP contribution in [0.1, 0.15) is 0 Å². The Balaban J connectivity index is 1.93. The number of hydrogen-bond donors (Lipinski definition) is 1. The van der Waals surface area contributed by atoms with Crippen LogP contribution >= 0.6 is 23.2 Å². The lowest BCUT2D eigenvalue weighted by Gasteiger charge is -2.11. The van der Waals surface area contributed by atoms with Gasteiger partial charge < -0.3 is 9.47 Å². The molecule has 0 heterocycles. The molecule has 0 unspecified atom stereocenters. The maximum atomic E-state index is 12.1. The second kappa shape index (κ2) is 7.88. The first-order chi connectivity index (χ1) is 10.9. The highest BCUT2D eigenvalue weighted by atomic mass is 35.5. The van der Waals surface area contributed by atoms with Crippen molar-refractivity contribution in [1.82, 2.24) is 4.72 Å². The lowest BCUT2D eigenvalue weighted by Crippen LogP contribution is -2.28. The Morgan fingerprint density at radius 1 is 1.04 bits per heavy atom. The first-order valence-corrected chi connectivity index (χ1v) is 8.88. The molecule has 0 bridgehead atoms. The van der Waals surface area contributed by atoms with Crippen molar-refractivity contribution in [2.45, 2.75) is 4.90 Å². The smallest absolute Gasteiger partial charge is 0.240 e. The fraction of sp³-hybridized carbons (Fsp3) is 0.200. The predicted octanol–water partition coefficient (Wildman–Crippen LogP) is 3.36. The third-order valence-electron chi connectivity index (χ3n) is 2.92. The summed E-state index contributed by atoms with van der Waals surface area (Å²) in [6.07, 6.45) is 0. The Bertz CT molecular complexity index is 781. The average Bonchev–Trinajstić information content (AvgIpc) is 2.54. The highest BCUT2D eigenvalue weighted by molar-refractivity contribution is 7.89. The molecule has 0 aliphatic rings. The van der Waals surface area contributed by atoms with Crippen LogP contribution in [0.25, 0.3) is 0 Å². The van der Waals surface area contributed by atoms with E-state index >= 15 is 0 Å². The summed E-state index contributed by atoms with van der Waals surface area (Å²) < 4.78 is 37.4. The first-order valence-electron chi connectivity index (χ1n) is 6.64. The molecule has 0 saturated carbocycles. The molecule has 2 rings (SSSR count). The highest BCUT2D eigenvalue weighted by Crippen LogP contribution is 2.26. The number of nitrogens with one attached hydrogen (secondary N) is 1. The summed E-state index contributed by atoms with van der Waals surface area (Å²) in [4.78, 5) is 0.0455. The molecule has 0 aliphatic carbocycles. The second-order valence-electron chi connectivity index (χ2n) is 4.47. The fourth-order valence-electron chi connectivity index (χ4n) is 1.80. The standard InChI is InChI=1S/C15H15Cl2NO4S/c1-21-14-4-2-3-5-15(14)22-9-8-18-23(19,20)11-6-7-12(16)13(17)10-11/h2-7,10,18H,8-9H2,1H3. The Kier molecular flexibility index (Phi) is 6.12. The Morgan fingerprint density at radius 3 is 2.39 bits per heavy atom. The van der Waals surface area contributed by atoms with Gasteiger partial charge in [-0.05, 0) is 30.3 Å². The van der Waals surface area contributed by atoms with Gasteiger partial charge in [0.2, 0.25) is 10.0 Å². The molecule has 5 nitrogen and oxygen atoms in total. The number of hydrogen-bond acceptors (Lipinski definition) is 4. The molecule has 0 radical (unpaired) electrons. The molecule has 0 saturated heterocycles. The Hall–Kier alpha value is -1.47. The molecule has 0 amide bonds. The Labute approximate surface area is 145 Å². The number of sulfonamides is 1. The zero-order valence-electron chi connectivity index (χ0n) is 12.3. The second-order valence-corrected chi connectivity index (χ2v) is 7.05. The summed E-state index contributed by atoms with van der Waals surface area (Å²) >= 11 is 11.6. The van der Waals surface area contributed by atoms with Gasteiger partial charge in [-0.15, -0.1) is 0 Å². The maximum Gasteiger partial charge on any atom is 0.240 e. The minimum absolute atomic E-state index is 0.0455. The molecule has 124 valence electrons. The van der Waals surface area contributed by atoms with Crippen molar-refractivity contribution >= 4 is 33.2 Å². The molecule has 0 aromatic heterocycles. The normalized spacial score (nSPS) is 11.3. The highest BCUT2D eigenvalue weighted by Gasteiger charge is 2.15. The summed E-state index contributed by atoms with van der Waals surface area (Å²) in [7, 11) is -2.14. The molecular weight excluding hydrogens is 361 g/mol. The molecule has 2 aromatic rings. The lowest BCUT2D eigenvalue weighted by atomic mass is 10.3. The van der Waals surface area contributed by atoms with Crippen LogP contribution in [0, 0.1) is 0 Å². The van der Waals surface area contributed by atoms with Gasteiger partial charge in [-0.3, -0.25) is 0 Å². The molecule has 1 N–H and O–H groups in total. The van der Waals surface area contributed by atoms with E-state index in [4.69, 9.17) is 32.7 Å². The van der Waals surface area contributed by atoms with Crippen LogP contribution in [-0.4, -0.2) is 28.7 Å². The van der Waals surface area contributed by atoms with Crippen LogP contribution in [0.15, 0.2) is 47.4 Å². The molecule has 23 heavy (non-hydrogen) atoms. The van der Waals surface area contributed by atoms with E-state index in [0.29, 0.717) is 16.5 Å². The summed E-state index contributed by atoms with van der Waals surface area (Å²) in [5.41, 5.74) is 0. The van der Waals surface area contributed by atoms with E-state index in [9.17, 15) is 8.42 Å². The molecular formula is C15H15Cl2NO4S. The summed E-state index contributed by atoms with van der Waals surface area (Å²) in [6.45, 7) is 0.252. The van der Waals surface area contributed by atoms with Gasteiger partial charge in [-0.2, -0.15) is 0 Å². The number of rotatable bonds is 7. The van der Waals surface area contributed by atoms with Gasteiger partial charge in [0, 0.05) is 6.54 Å². The van der Waals surface area contributed by atoms with Crippen molar-refractivity contribution in [2.75, 3.05) is 20.3 Å². The third-order valence-corrected chi connectivity index (χ3v) is 5.12. The van der Waals surface area contributed by atoms with Gasteiger partial charge >= 0.3 is 0 Å². The van der Waals surface area contributed by atoms with Crippen LogP contribution in [-0.2, 0) is 10.0 Å². The van der Waals surface area contributed by atoms with Crippen molar-refractivity contribution in [3.63, 3.8) is 0 Å². The number of benzene rings is 2. The van der Waals surface area contributed by atoms with Gasteiger partial charge in [-0.1, -0.05) is 35.3 Å². The number of methoxy groups -OCH3 is 1. The van der Waals surface area contributed by atoms with Crippen molar-refractivity contribution in [3.8, 4) is 11.5 Å². The topological polar surface area (TPSA) is 64.6 Å². The molecule has 0 atom stereocenters. The predicted molar refractivity (Wildman–Crippen MR) is 90.1 cm³/mol. The fourth-order valence-corrected chi connectivity index (χ4v) is 3.20. The van der Waals surface area contributed by atoms with Gasteiger partial charge in [-0.25, -0.2) is 13.1 Å². The lowest BCUT2D eigenvalue weighted by molar-refractivity contribution is 0.299. The van der Waals surface area contributed by atoms with Crippen molar-refractivity contribution in [1.29, 1.82) is 0 Å². The average molecular weight is 376 g/mol. The number of para-hydroxylation sites is 2. The van der Waals surface area contributed by atoms with Crippen molar-refractivity contribution in [3.05, 3.63) is 52.5 Å². The van der Waals surface area contributed by atoms with Gasteiger partial charge in [0.1, 0.15) is 6.61 Å². The quantitative estimate of drug-likeness (QED) is 0.753. The van der Waals surface area contributed by atoms with E-state index in [-0.39, 0.29) is 23.1 Å². The third kappa shape index (κ3) is 4.75. The minimum Gasteiger partial charge on any atom is -0.493 e. The zero-order chi connectivity index (χ0) is 16.9. The number of ether oxygens (including phenoxy) is 2. The van der Waals surface area contributed by atoms with Crippen molar-refractivity contribution < 1.29 is 17.9 Å². The molecule has 0 fully saturated rings. The van der Waals surface area contributed by atoms with E-state index in [1.165, 1.54) is 25.3 Å². The van der Waals surface area contributed by atoms with Crippen LogP contribution < -0.4 is 14.2 Å². The largest absolute Gasteiger partial charge is 0.493 e. The van der Waals surface area contributed by atoms with E-state index < -0.39 is 10.0 Å². The summed E-state index contributed by atoms with van der Waals surface area (Å²) in [6, 6.07) is 11.2. The van der Waals surface area contributed by atoms with Crippen LogP contribution in [0.4, 0.5) is 0 Å². The zero-order valence-corrected chi connectivity index (χ0v) is 14.6. The van der Waals surface area contributed by atoms with Crippen LogP contribution in [0.5, 0.6) is 11.5 Å².